The zero-order chi connectivity index (χ0) is 12.8. The number of aliphatic carboxylic acids is 1. The van der Waals surface area contributed by atoms with Crippen molar-refractivity contribution in [1.29, 1.82) is 0 Å². The second-order valence-corrected chi connectivity index (χ2v) is 4.10. The van der Waals surface area contributed by atoms with Gasteiger partial charge in [0.1, 0.15) is 0 Å². The number of hydrogen-bond donors (Lipinski definition) is 2. The van der Waals surface area contributed by atoms with Gasteiger partial charge in [-0.1, -0.05) is 29.8 Å². The van der Waals surface area contributed by atoms with Gasteiger partial charge in [0.25, 0.3) is 0 Å². The van der Waals surface area contributed by atoms with E-state index in [-0.39, 0.29) is 18.7 Å². The van der Waals surface area contributed by atoms with Crippen LogP contribution in [0.5, 0.6) is 0 Å². The average Bonchev–Trinajstić information content (AvgIpc) is 2.28. The summed E-state index contributed by atoms with van der Waals surface area (Å²) in [5, 5.41) is 11.8. The van der Waals surface area contributed by atoms with Gasteiger partial charge in [-0.2, -0.15) is 0 Å². The molecule has 1 aromatic rings. The van der Waals surface area contributed by atoms with Crippen molar-refractivity contribution in [2.75, 3.05) is 7.05 Å². The normalized spacial score (nSPS) is 11.9. The molecule has 0 saturated heterocycles. The minimum absolute atomic E-state index is 0.114. The predicted octanol–water partition coefficient (Wildman–Crippen LogP) is 2.03. The summed E-state index contributed by atoms with van der Waals surface area (Å²) < 4.78 is 0. The standard InChI is InChI=1S/C12H14ClNO3/c1-14-11(15)6-8(7-12(16)17)9-4-2-3-5-10(9)13/h2-5,8H,6-7H2,1H3,(H,14,15)(H,16,17). The molecule has 1 aromatic carbocycles. The molecule has 0 spiro atoms. The quantitative estimate of drug-likeness (QED) is 0.846. The molecule has 0 saturated carbocycles. The highest BCUT2D eigenvalue weighted by molar-refractivity contribution is 6.31. The van der Waals surface area contributed by atoms with Crippen LogP contribution in [-0.4, -0.2) is 24.0 Å². The fourth-order valence-corrected chi connectivity index (χ4v) is 1.92. The van der Waals surface area contributed by atoms with Gasteiger partial charge in [0.15, 0.2) is 0 Å². The van der Waals surface area contributed by atoms with Gasteiger partial charge in [-0.05, 0) is 11.6 Å². The summed E-state index contributed by atoms with van der Waals surface area (Å²) >= 11 is 6.00. The lowest BCUT2D eigenvalue weighted by Crippen LogP contribution is -2.21. The summed E-state index contributed by atoms with van der Waals surface area (Å²) in [6.45, 7) is 0. The topological polar surface area (TPSA) is 66.4 Å². The third kappa shape index (κ3) is 4.07. The van der Waals surface area contributed by atoms with Crippen molar-refractivity contribution in [3.05, 3.63) is 34.9 Å². The van der Waals surface area contributed by atoms with Gasteiger partial charge >= 0.3 is 5.97 Å². The smallest absolute Gasteiger partial charge is 0.303 e. The fraction of sp³-hybridized carbons (Fsp3) is 0.333. The van der Waals surface area contributed by atoms with Crippen molar-refractivity contribution in [1.82, 2.24) is 5.32 Å². The summed E-state index contributed by atoms with van der Waals surface area (Å²) in [7, 11) is 1.52. The monoisotopic (exact) mass is 255 g/mol. The lowest BCUT2D eigenvalue weighted by Gasteiger charge is -2.15. The van der Waals surface area contributed by atoms with Gasteiger partial charge in [0.05, 0.1) is 6.42 Å². The number of benzene rings is 1. The zero-order valence-electron chi connectivity index (χ0n) is 9.44. The number of amides is 1. The van der Waals surface area contributed by atoms with Crippen LogP contribution in [0.4, 0.5) is 0 Å². The Kier molecular flexibility index (Phi) is 4.97. The van der Waals surface area contributed by atoms with Crippen LogP contribution in [0.15, 0.2) is 24.3 Å². The lowest BCUT2D eigenvalue weighted by molar-refractivity contribution is -0.137. The van der Waals surface area contributed by atoms with Gasteiger partial charge in [0.2, 0.25) is 5.91 Å². The van der Waals surface area contributed by atoms with Crippen LogP contribution in [0.25, 0.3) is 0 Å². The Bertz CT molecular complexity index is 420. The van der Waals surface area contributed by atoms with E-state index >= 15 is 0 Å². The maximum absolute atomic E-state index is 11.3. The van der Waals surface area contributed by atoms with E-state index in [9.17, 15) is 9.59 Å². The summed E-state index contributed by atoms with van der Waals surface area (Å²) in [5.74, 6) is -1.55. The Hall–Kier alpha value is -1.55. The zero-order valence-corrected chi connectivity index (χ0v) is 10.2. The molecule has 0 aromatic heterocycles. The summed E-state index contributed by atoms with van der Waals surface area (Å²) in [6, 6.07) is 6.98. The molecule has 92 valence electrons. The molecule has 1 rings (SSSR count). The number of hydrogen-bond acceptors (Lipinski definition) is 2. The van der Waals surface area contributed by atoms with Crippen molar-refractivity contribution in [2.45, 2.75) is 18.8 Å². The largest absolute Gasteiger partial charge is 0.481 e. The van der Waals surface area contributed by atoms with Crippen LogP contribution < -0.4 is 5.32 Å². The highest BCUT2D eigenvalue weighted by atomic mass is 35.5. The molecule has 4 nitrogen and oxygen atoms in total. The third-order valence-corrected chi connectivity index (χ3v) is 2.82. The van der Waals surface area contributed by atoms with Crippen molar-refractivity contribution >= 4 is 23.5 Å². The van der Waals surface area contributed by atoms with E-state index in [2.05, 4.69) is 5.32 Å². The molecule has 0 heterocycles. The maximum Gasteiger partial charge on any atom is 0.303 e. The van der Waals surface area contributed by atoms with Crippen molar-refractivity contribution in [3.63, 3.8) is 0 Å². The third-order valence-electron chi connectivity index (χ3n) is 2.48. The first-order valence-corrected chi connectivity index (χ1v) is 5.59. The molecule has 2 N–H and O–H groups in total. The average molecular weight is 256 g/mol. The number of halogens is 1. The number of nitrogens with one attached hydrogen (secondary N) is 1. The number of carbonyl (C=O) groups is 2. The van der Waals surface area contributed by atoms with E-state index in [0.29, 0.717) is 10.6 Å². The van der Waals surface area contributed by atoms with Crippen LogP contribution in [0, 0.1) is 0 Å². The summed E-state index contributed by atoms with van der Waals surface area (Å²) in [5.41, 5.74) is 0.695. The maximum atomic E-state index is 11.3. The first kappa shape index (κ1) is 13.5. The minimum atomic E-state index is -0.946. The van der Waals surface area contributed by atoms with Crippen LogP contribution in [0.3, 0.4) is 0 Å². The van der Waals surface area contributed by atoms with Crippen LogP contribution in [-0.2, 0) is 9.59 Å². The second-order valence-electron chi connectivity index (χ2n) is 3.69. The SMILES string of the molecule is CNC(=O)CC(CC(=O)O)c1ccccc1Cl. The number of carboxylic acids is 1. The molecule has 0 bridgehead atoms. The van der Waals surface area contributed by atoms with Crippen molar-refractivity contribution in [3.8, 4) is 0 Å². The molecule has 5 heteroatoms. The van der Waals surface area contributed by atoms with E-state index < -0.39 is 11.9 Å². The van der Waals surface area contributed by atoms with Crippen LogP contribution >= 0.6 is 11.6 Å². The highest BCUT2D eigenvalue weighted by Gasteiger charge is 2.20. The van der Waals surface area contributed by atoms with E-state index in [4.69, 9.17) is 16.7 Å². The highest BCUT2D eigenvalue weighted by Crippen LogP contribution is 2.29. The molecule has 0 aliphatic heterocycles. The Morgan fingerprint density at radius 1 is 1.35 bits per heavy atom. The predicted molar refractivity (Wildman–Crippen MR) is 65.1 cm³/mol. The Morgan fingerprint density at radius 3 is 2.53 bits per heavy atom. The van der Waals surface area contributed by atoms with Gasteiger partial charge in [-0.3, -0.25) is 9.59 Å². The second kappa shape index (κ2) is 6.25. The number of rotatable bonds is 5. The number of carboxylic acid groups (broad SMARTS) is 1. The molecule has 1 amide bonds. The van der Waals surface area contributed by atoms with Crippen molar-refractivity contribution in [2.24, 2.45) is 0 Å². The van der Waals surface area contributed by atoms with Gasteiger partial charge in [-0.15, -0.1) is 0 Å². The van der Waals surface area contributed by atoms with E-state index in [1.165, 1.54) is 7.05 Å². The van der Waals surface area contributed by atoms with E-state index in [1.54, 1.807) is 24.3 Å². The first-order valence-electron chi connectivity index (χ1n) is 5.21. The lowest BCUT2D eigenvalue weighted by atomic mass is 9.92. The Balaban J connectivity index is 2.93. The molecule has 0 fully saturated rings. The van der Waals surface area contributed by atoms with Gasteiger partial charge in [0, 0.05) is 24.4 Å². The van der Waals surface area contributed by atoms with Crippen molar-refractivity contribution < 1.29 is 14.7 Å². The molecule has 1 unspecified atom stereocenters. The molecule has 1 atom stereocenters. The Morgan fingerprint density at radius 2 is 2.00 bits per heavy atom. The van der Waals surface area contributed by atoms with E-state index in [1.807, 2.05) is 0 Å². The molecule has 17 heavy (non-hydrogen) atoms. The van der Waals surface area contributed by atoms with Crippen LogP contribution in [0.2, 0.25) is 5.02 Å². The number of carbonyl (C=O) groups excluding carboxylic acids is 1. The first-order chi connectivity index (χ1) is 8.04. The van der Waals surface area contributed by atoms with E-state index in [0.717, 1.165) is 0 Å². The van der Waals surface area contributed by atoms with Gasteiger partial charge < -0.3 is 10.4 Å². The molecule has 0 aliphatic carbocycles. The molecular formula is C12H14ClNO3. The Labute approximate surface area is 105 Å². The van der Waals surface area contributed by atoms with Crippen LogP contribution in [0.1, 0.15) is 24.3 Å². The molecule has 0 aliphatic rings. The fourth-order valence-electron chi connectivity index (χ4n) is 1.63. The molecular weight excluding hydrogens is 242 g/mol. The molecule has 0 radical (unpaired) electrons. The summed E-state index contributed by atoms with van der Waals surface area (Å²) in [6.07, 6.45) is 0.00366. The van der Waals surface area contributed by atoms with Gasteiger partial charge in [-0.25, -0.2) is 0 Å². The summed E-state index contributed by atoms with van der Waals surface area (Å²) in [4.78, 5) is 22.1. The minimum Gasteiger partial charge on any atom is -0.481 e.